The van der Waals surface area contributed by atoms with Gasteiger partial charge in [-0.2, -0.15) is 0 Å². The van der Waals surface area contributed by atoms with Crippen molar-refractivity contribution in [2.75, 3.05) is 0 Å². The SMILES string of the molecule is O=[N+]([O-])c1cccc(CO/N=C\c2ccc(Cl)s2)c1. The maximum Gasteiger partial charge on any atom is 0.269 e. The highest BCUT2D eigenvalue weighted by Crippen LogP contribution is 2.19. The molecular weight excluding hydrogens is 288 g/mol. The van der Waals surface area contributed by atoms with Crippen LogP contribution in [-0.4, -0.2) is 11.1 Å². The first-order chi connectivity index (χ1) is 9.15. The summed E-state index contributed by atoms with van der Waals surface area (Å²) in [6.45, 7) is 0.178. The zero-order valence-electron chi connectivity index (χ0n) is 9.65. The first-order valence-electron chi connectivity index (χ1n) is 5.29. The van der Waals surface area contributed by atoms with Crippen LogP contribution in [0.25, 0.3) is 0 Å². The molecule has 0 N–H and O–H groups in total. The Morgan fingerprint density at radius 1 is 1.42 bits per heavy atom. The predicted molar refractivity (Wildman–Crippen MR) is 74.8 cm³/mol. The van der Waals surface area contributed by atoms with Crippen LogP contribution >= 0.6 is 22.9 Å². The van der Waals surface area contributed by atoms with Crippen molar-refractivity contribution in [3.8, 4) is 0 Å². The fourth-order valence-corrected chi connectivity index (χ4v) is 2.28. The molecule has 0 spiro atoms. The number of benzene rings is 1. The molecule has 98 valence electrons. The molecule has 0 fully saturated rings. The lowest BCUT2D eigenvalue weighted by Gasteiger charge is -1.99. The van der Waals surface area contributed by atoms with Crippen LogP contribution in [0.15, 0.2) is 41.6 Å². The van der Waals surface area contributed by atoms with Crippen LogP contribution in [0.2, 0.25) is 4.34 Å². The number of hydrogen-bond donors (Lipinski definition) is 0. The number of thiophene rings is 1. The van der Waals surface area contributed by atoms with Gasteiger partial charge in [0.15, 0.2) is 0 Å². The van der Waals surface area contributed by atoms with Gasteiger partial charge in [0, 0.05) is 12.1 Å². The average Bonchev–Trinajstić information content (AvgIpc) is 2.81. The Kier molecular flexibility index (Phi) is 4.48. The molecule has 19 heavy (non-hydrogen) atoms. The average molecular weight is 297 g/mol. The van der Waals surface area contributed by atoms with Gasteiger partial charge >= 0.3 is 0 Å². The third-order valence-corrected chi connectivity index (χ3v) is 3.37. The minimum absolute atomic E-state index is 0.0371. The molecule has 1 aromatic carbocycles. The summed E-state index contributed by atoms with van der Waals surface area (Å²) in [4.78, 5) is 16.1. The molecule has 0 radical (unpaired) electrons. The topological polar surface area (TPSA) is 64.7 Å². The first kappa shape index (κ1) is 13.5. The molecule has 5 nitrogen and oxygen atoms in total. The monoisotopic (exact) mass is 296 g/mol. The number of rotatable bonds is 5. The zero-order chi connectivity index (χ0) is 13.7. The minimum atomic E-state index is -0.444. The first-order valence-corrected chi connectivity index (χ1v) is 6.48. The van der Waals surface area contributed by atoms with Crippen LogP contribution in [0.4, 0.5) is 5.69 Å². The van der Waals surface area contributed by atoms with Crippen molar-refractivity contribution in [1.29, 1.82) is 0 Å². The molecule has 0 aliphatic rings. The summed E-state index contributed by atoms with van der Waals surface area (Å²) in [6.07, 6.45) is 1.55. The number of nitro groups is 1. The Hall–Kier alpha value is -1.92. The molecule has 0 saturated carbocycles. The van der Waals surface area contributed by atoms with Gasteiger partial charge in [-0.05, 0) is 17.7 Å². The molecule has 0 atom stereocenters. The number of hydrogen-bond acceptors (Lipinski definition) is 5. The summed E-state index contributed by atoms with van der Waals surface area (Å²) in [5, 5.41) is 14.4. The van der Waals surface area contributed by atoms with E-state index in [0.29, 0.717) is 9.90 Å². The number of nitrogens with zero attached hydrogens (tertiary/aromatic N) is 2. The Morgan fingerprint density at radius 2 is 2.26 bits per heavy atom. The summed E-state index contributed by atoms with van der Waals surface area (Å²) in [5.74, 6) is 0. The number of nitro benzene ring substituents is 1. The van der Waals surface area contributed by atoms with Crippen LogP contribution < -0.4 is 0 Å². The van der Waals surface area contributed by atoms with Crippen LogP contribution in [0.1, 0.15) is 10.4 Å². The van der Waals surface area contributed by atoms with E-state index in [2.05, 4.69) is 5.16 Å². The van der Waals surface area contributed by atoms with E-state index in [1.54, 1.807) is 24.4 Å². The van der Waals surface area contributed by atoms with E-state index in [9.17, 15) is 10.1 Å². The second-order valence-corrected chi connectivity index (χ2v) is 5.32. The highest BCUT2D eigenvalue weighted by atomic mass is 35.5. The highest BCUT2D eigenvalue weighted by Gasteiger charge is 2.05. The van der Waals surface area contributed by atoms with E-state index < -0.39 is 4.92 Å². The third-order valence-electron chi connectivity index (χ3n) is 2.20. The number of halogens is 1. The molecular formula is C12H9ClN2O3S. The predicted octanol–water partition coefficient (Wildman–Crippen LogP) is 3.86. The van der Waals surface area contributed by atoms with Crippen LogP contribution in [0.5, 0.6) is 0 Å². The lowest BCUT2D eigenvalue weighted by Crippen LogP contribution is -1.91. The molecule has 0 amide bonds. The van der Waals surface area contributed by atoms with Gasteiger partial charge < -0.3 is 4.84 Å². The Labute approximate surface area is 118 Å². The normalized spacial score (nSPS) is 10.8. The third kappa shape index (κ3) is 4.04. The maximum atomic E-state index is 10.6. The molecule has 0 aliphatic heterocycles. The quantitative estimate of drug-likeness (QED) is 0.478. The molecule has 1 heterocycles. The minimum Gasteiger partial charge on any atom is -0.391 e. The van der Waals surface area contributed by atoms with Crippen molar-refractivity contribution in [2.24, 2.45) is 5.16 Å². The standard InChI is InChI=1S/C12H9ClN2O3S/c13-12-5-4-11(19-12)7-14-18-8-9-2-1-3-10(6-9)15(16)17/h1-7H,8H2/b14-7-. The van der Waals surface area contributed by atoms with E-state index in [1.165, 1.54) is 23.5 Å². The van der Waals surface area contributed by atoms with Gasteiger partial charge in [-0.3, -0.25) is 10.1 Å². The lowest BCUT2D eigenvalue weighted by atomic mass is 10.2. The van der Waals surface area contributed by atoms with Crippen LogP contribution in [0, 0.1) is 10.1 Å². The Morgan fingerprint density at radius 3 is 2.95 bits per heavy atom. The van der Waals surface area contributed by atoms with Crippen molar-refractivity contribution < 1.29 is 9.76 Å². The second-order valence-electron chi connectivity index (χ2n) is 3.58. The lowest BCUT2D eigenvalue weighted by molar-refractivity contribution is -0.384. The second kappa shape index (κ2) is 6.31. The van der Waals surface area contributed by atoms with Crippen LogP contribution in [-0.2, 0) is 11.4 Å². The summed E-state index contributed by atoms with van der Waals surface area (Å²) in [5.41, 5.74) is 0.727. The molecule has 1 aromatic heterocycles. The molecule has 0 saturated heterocycles. The molecule has 7 heteroatoms. The highest BCUT2D eigenvalue weighted by molar-refractivity contribution is 7.17. The summed E-state index contributed by atoms with van der Waals surface area (Å²) in [6, 6.07) is 9.84. The van der Waals surface area contributed by atoms with Gasteiger partial charge in [-0.25, -0.2) is 0 Å². The van der Waals surface area contributed by atoms with Crippen molar-refractivity contribution in [3.05, 3.63) is 61.3 Å². The Bertz CT molecular complexity index is 613. The van der Waals surface area contributed by atoms with Gasteiger partial charge in [0.25, 0.3) is 5.69 Å². The van der Waals surface area contributed by atoms with Gasteiger partial charge in [0.05, 0.1) is 20.4 Å². The summed E-state index contributed by atoms with van der Waals surface area (Å²) >= 11 is 7.16. The van der Waals surface area contributed by atoms with E-state index in [4.69, 9.17) is 16.4 Å². The van der Waals surface area contributed by atoms with Crippen molar-refractivity contribution >= 4 is 34.8 Å². The van der Waals surface area contributed by atoms with E-state index in [-0.39, 0.29) is 12.3 Å². The fourth-order valence-electron chi connectivity index (χ4n) is 1.36. The maximum absolute atomic E-state index is 10.6. The van der Waals surface area contributed by atoms with Crippen molar-refractivity contribution in [1.82, 2.24) is 0 Å². The molecule has 2 rings (SSSR count). The Balaban J connectivity index is 1.90. The van der Waals surface area contributed by atoms with E-state index in [0.717, 1.165) is 4.88 Å². The zero-order valence-corrected chi connectivity index (χ0v) is 11.2. The van der Waals surface area contributed by atoms with Crippen molar-refractivity contribution in [3.63, 3.8) is 0 Å². The number of non-ortho nitro benzene ring substituents is 1. The smallest absolute Gasteiger partial charge is 0.269 e. The van der Waals surface area contributed by atoms with Gasteiger partial charge in [0.2, 0.25) is 0 Å². The van der Waals surface area contributed by atoms with E-state index in [1.807, 2.05) is 6.07 Å². The van der Waals surface area contributed by atoms with Gasteiger partial charge in [0.1, 0.15) is 6.61 Å². The van der Waals surface area contributed by atoms with Gasteiger partial charge in [-0.1, -0.05) is 28.9 Å². The largest absolute Gasteiger partial charge is 0.391 e. The van der Waals surface area contributed by atoms with Gasteiger partial charge in [-0.15, -0.1) is 11.3 Å². The summed E-state index contributed by atoms with van der Waals surface area (Å²) < 4.78 is 0.681. The molecule has 0 aliphatic carbocycles. The van der Waals surface area contributed by atoms with E-state index >= 15 is 0 Å². The molecule has 2 aromatic rings. The molecule has 0 unspecified atom stereocenters. The summed E-state index contributed by atoms with van der Waals surface area (Å²) in [7, 11) is 0. The van der Waals surface area contributed by atoms with Crippen molar-refractivity contribution in [2.45, 2.75) is 6.61 Å². The van der Waals surface area contributed by atoms with Crippen LogP contribution in [0.3, 0.4) is 0 Å². The molecule has 0 bridgehead atoms. The fraction of sp³-hybridized carbons (Fsp3) is 0.0833. The number of oxime groups is 1.